The first-order valence-electron chi connectivity index (χ1n) is 6.37. The molecule has 0 atom stereocenters. The van der Waals surface area contributed by atoms with E-state index in [0.29, 0.717) is 25.2 Å². The van der Waals surface area contributed by atoms with Gasteiger partial charge in [0.15, 0.2) is 0 Å². The third-order valence-corrected chi connectivity index (χ3v) is 2.69. The van der Waals surface area contributed by atoms with Crippen LogP contribution in [0.1, 0.15) is 16.8 Å². The van der Waals surface area contributed by atoms with Gasteiger partial charge < -0.3 is 15.7 Å². The summed E-state index contributed by atoms with van der Waals surface area (Å²) in [6.45, 7) is 1.14. The maximum absolute atomic E-state index is 11.7. The molecule has 0 unspecified atom stereocenters. The topological polar surface area (TPSA) is 109 Å². The second-order valence-corrected chi connectivity index (χ2v) is 4.29. The average Bonchev–Trinajstić information content (AvgIpc) is 2.97. The fraction of sp³-hybridized carbons (Fsp3) is 0.231. The van der Waals surface area contributed by atoms with Gasteiger partial charge in [-0.2, -0.15) is 0 Å². The minimum Gasteiger partial charge on any atom is -0.478 e. The third-order valence-electron chi connectivity index (χ3n) is 2.69. The number of hydrogen-bond donors (Lipinski definition) is 3. The monoisotopic (exact) mass is 289 g/mol. The van der Waals surface area contributed by atoms with Crippen LogP contribution in [0.3, 0.4) is 0 Å². The SMILES string of the molecule is O=C(NCCCn1ccnn1)Nc1cccc(C(=O)O)c1. The van der Waals surface area contributed by atoms with Crippen molar-refractivity contribution in [1.29, 1.82) is 0 Å². The van der Waals surface area contributed by atoms with E-state index in [1.54, 1.807) is 29.2 Å². The number of anilines is 1. The molecule has 0 aliphatic heterocycles. The van der Waals surface area contributed by atoms with Crippen molar-refractivity contribution in [1.82, 2.24) is 20.3 Å². The van der Waals surface area contributed by atoms with Crippen LogP contribution >= 0.6 is 0 Å². The lowest BCUT2D eigenvalue weighted by atomic mass is 10.2. The van der Waals surface area contributed by atoms with Crippen molar-refractivity contribution in [3.8, 4) is 0 Å². The molecule has 0 spiro atoms. The lowest BCUT2D eigenvalue weighted by Gasteiger charge is -2.08. The van der Waals surface area contributed by atoms with E-state index in [1.165, 1.54) is 12.1 Å². The van der Waals surface area contributed by atoms with E-state index in [0.717, 1.165) is 0 Å². The van der Waals surface area contributed by atoms with E-state index in [-0.39, 0.29) is 11.6 Å². The molecule has 0 radical (unpaired) electrons. The Morgan fingerprint density at radius 2 is 2.19 bits per heavy atom. The van der Waals surface area contributed by atoms with E-state index in [4.69, 9.17) is 5.11 Å². The molecule has 3 N–H and O–H groups in total. The molecule has 0 saturated heterocycles. The Morgan fingerprint density at radius 3 is 2.90 bits per heavy atom. The molecule has 21 heavy (non-hydrogen) atoms. The van der Waals surface area contributed by atoms with Gasteiger partial charge >= 0.3 is 12.0 Å². The van der Waals surface area contributed by atoms with E-state index >= 15 is 0 Å². The van der Waals surface area contributed by atoms with Gasteiger partial charge in [-0.05, 0) is 24.6 Å². The van der Waals surface area contributed by atoms with Gasteiger partial charge in [0.2, 0.25) is 0 Å². The number of nitrogens with zero attached hydrogens (tertiary/aromatic N) is 3. The predicted molar refractivity (Wildman–Crippen MR) is 75.1 cm³/mol. The Labute approximate surface area is 120 Å². The first-order valence-corrected chi connectivity index (χ1v) is 6.37. The number of carboxylic acid groups (broad SMARTS) is 1. The third kappa shape index (κ3) is 4.60. The molecule has 0 fully saturated rings. The normalized spacial score (nSPS) is 10.1. The van der Waals surface area contributed by atoms with Crippen molar-refractivity contribution in [2.45, 2.75) is 13.0 Å². The summed E-state index contributed by atoms with van der Waals surface area (Å²) in [5.74, 6) is -1.04. The Kier molecular flexibility index (Phi) is 4.86. The van der Waals surface area contributed by atoms with Crippen LogP contribution in [0.5, 0.6) is 0 Å². The molecule has 0 bridgehead atoms. The van der Waals surface area contributed by atoms with Crippen LogP contribution in [0.25, 0.3) is 0 Å². The maximum atomic E-state index is 11.7. The Balaban J connectivity index is 1.74. The Bertz CT molecular complexity index is 612. The van der Waals surface area contributed by atoms with Crippen LogP contribution in [0, 0.1) is 0 Å². The molecule has 1 aromatic heterocycles. The molecule has 8 nitrogen and oxygen atoms in total. The van der Waals surface area contributed by atoms with E-state index in [9.17, 15) is 9.59 Å². The quantitative estimate of drug-likeness (QED) is 0.692. The van der Waals surface area contributed by atoms with Crippen LogP contribution < -0.4 is 10.6 Å². The highest BCUT2D eigenvalue weighted by atomic mass is 16.4. The summed E-state index contributed by atoms with van der Waals surface area (Å²) >= 11 is 0. The number of hydrogen-bond acceptors (Lipinski definition) is 4. The molecule has 2 amide bonds. The summed E-state index contributed by atoms with van der Waals surface area (Å²) in [5, 5.41) is 21.6. The number of carbonyl (C=O) groups excluding carboxylic acids is 1. The van der Waals surface area contributed by atoms with Gasteiger partial charge in [-0.3, -0.25) is 4.68 Å². The van der Waals surface area contributed by atoms with Crippen LogP contribution in [0.15, 0.2) is 36.7 Å². The van der Waals surface area contributed by atoms with Crippen molar-refractivity contribution >= 4 is 17.7 Å². The van der Waals surface area contributed by atoms with Gasteiger partial charge in [-0.25, -0.2) is 9.59 Å². The van der Waals surface area contributed by atoms with Crippen molar-refractivity contribution in [3.05, 3.63) is 42.2 Å². The summed E-state index contributed by atoms with van der Waals surface area (Å²) in [5.41, 5.74) is 0.558. The zero-order valence-corrected chi connectivity index (χ0v) is 11.2. The number of aromatic carboxylic acids is 1. The van der Waals surface area contributed by atoms with Crippen LogP contribution in [0.2, 0.25) is 0 Å². The van der Waals surface area contributed by atoms with Gasteiger partial charge in [0.25, 0.3) is 0 Å². The molecular weight excluding hydrogens is 274 g/mol. The highest BCUT2D eigenvalue weighted by molar-refractivity contribution is 5.93. The molecule has 1 heterocycles. The standard InChI is InChI=1S/C13H15N5O3/c19-12(20)10-3-1-4-11(9-10)16-13(21)14-5-2-7-18-8-6-15-17-18/h1,3-4,6,8-9H,2,5,7H2,(H,19,20)(H2,14,16,21). The highest BCUT2D eigenvalue weighted by Gasteiger charge is 2.05. The summed E-state index contributed by atoms with van der Waals surface area (Å²) in [6, 6.07) is 5.68. The largest absolute Gasteiger partial charge is 0.478 e. The van der Waals surface area contributed by atoms with Gasteiger partial charge in [-0.1, -0.05) is 11.3 Å². The number of rotatable bonds is 6. The molecule has 0 aliphatic carbocycles. The van der Waals surface area contributed by atoms with Crippen LogP contribution in [0.4, 0.5) is 10.5 Å². The lowest BCUT2D eigenvalue weighted by molar-refractivity contribution is 0.0697. The fourth-order valence-electron chi connectivity index (χ4n) is 1.70. The summed E-state index contributed by atoms with van der Waals surface area (Å²) in [4.78, 5) is 22.5. The Morgan fingerprint density at radius 1 is 1.33 bits per heavy atom. The van der Waals surface area contributed by atoms with Gasteiger partial charge in [0.05, 0.1) is 11.8 Å². The first kappa shape index (κ1) is 14.5. The number of aryl methyl sites for hydroxylation is 1. The number of urea groups is 1. The first-order chi connectivity index (χ1) is 10.1. The zero-order chi connectivity index (χ0) is 15.1. The van der Waals surface area contributed by atoms with Crippen molar-refractivity contribution < 1.29 is 14.7 Å². The molecule has 0 saturated carbocycles. The minimum atomic E-state index is -1.04. The fourth-order valence-corrected chi connectivity index (χ4v) is 1.70. The molecule has 8 heteroatoms. The number of amides is 2. The van der Waals surface area contributed by atoms with Crippen LogP contribution in [-0.4, -0.2) is 38.6 Å². The Hall–Kier alpha value is -2.90. The highest BCUT2D eigenvalue weighted by Crippen LogP contribution is 2.10. The summed E-state index contributed by atoms with van der Waals surface area (Å²) in [6.07, 6.45) is 4.05. The smallest absolute Gasteiger partial charge is 0.335 e. The lowest BCUT2D eigenvalue weighted by Crippen LogP contribution is -2.30. The number of benzene rings is 1. The minimum absolute atomic E-state index is 0.124. The molecule has 1 aromatic carbocycles. The van der Waals surface area contributed by atoms with Gasteiger partial charge in [0.1, 0.15) is 0 Å². The van der Waals surface area contributed by atoms with E-state index in [2.05, 4.69) is 20.9 Å². The molecule has 0 aliphatic rings. The molecule has 2 rings (SSSR count). The molecule has 110 valence electrons. The van der Waals surface area contributed by atoms with Gasteiger partial charge in [-0.15, -0.1) is 5.10 Å². The summed E-state index contributed by atoms with van der Waals surface area (Å²) in [7, 11) is 0. The van der Waals surface area contributed by atoms with E-state index < -0.39 is 5.97 Å². The number of aromatic nitrogens is 3. The predicted octanol–water partition coefficient (Wildman–Crippen LogP) is 1.19. The molecular formula is C13H15N5O3. The molecule has 2 aromatic rings. The average molecular weight is 289 g/mol. The van der Waals surface area contributed by atoms with E-state index in [1.807, 2.05) is 0 Å². The van der Waals surface area contributed by atoms with Crippen molar-refractivity contribution in [2.75, 3.05) is 11.9 Å². The van der Waals surface area contributed by atoms with Crippen LogP contribution in [-0.2, 0) is 6.54 Å². The zero-order valence-electron chi connectivity index (χ0n) is 11.2. The summed E-state index contributed by atoms with van der Waals surface area (Å²) < 4.78 is 1.68. The number of nitrogens with one attached hydrogen (secondary N) is 2. The second-order valence-electron chi connectivity index (χ2n) is 4.29. The maximum Gasteiger partial charge on any atom is 0.335 e. The number of carboxylic acids is 1. The van der Waals surface area contributed by atoms with Gasteiger partial charge in [0, 0.05) is 25.0 Å². The van der Waals surface area contributed by atoms with Crippen molar-refractivity contribution in [3.63, 3.8) is 0 Å². The number of carbonyl (C=O) groups is 2. The van der Waals surface area contributed by atoms with Crippen molar-refractivity contribution in [2.24, 2.45) is 0 Å². The second kappa shape index (κ2) is 7.04.